The minimum absolute atomic E-state index is 0.728. The number of nitrogens with two attached hydrogens (primary N) is 1. The zero-order valence-corrected chi connectivity index (χ0v) is 9.06. The Kier molecular flexibility index (Phi) is 3.14. The molecule has 2 rings (SSSR count). The minimum atomic E-state index is -0.761. The van der Waals surface area contributed by atoms with Crippen molar-refractivity contribution in [1.29, 1.82) is 0 Å². The molecule has 1 saturated carbocycles. The smallest absolute Gasteiger partial charge is 0.407 e. The van der Waals surface area contributed by atoms with Crippen LogP contribution < -0.4 is 5.73 Å². The number of rotatable bonds is 3. The van der Waals surface area contributed by atoms with Crippen LogP contribution in [0.15, 0.2) is 0 Å². The minimum Gasteiger partial charge on any atom is -0.465 e. The second-order valence-electron chi connectivity index (χ2n) is 4.84. The summed E-state index contributed by atoms with van der Waals surface area (Å²) in [6.07, 6.45) is 3.83. The molecule has 1 heterocycles. The van der Waals surface area contributed by atoms with E-state index in [9.17, 15) is 4.79 Å². The summed E-state index contributed by atoms with van der Waals surface area (Å²) in [5, 5.41) is 8.82. The van der Waals surface area contributed by atoms with Crippen LogP contribution in [-0.2, 0) is 0 Å². The van der Waals surface area contributed by atoms with Gasteiger partial charge in [0.15, 0.2) is 0 Å². The Morgan fingerprint density at radius 3 is 2.60 bits per heavy atom. The van der Waals surface area contributed by atoms with Crippen LogP contribution in [-0.4, -0.2) is 35.7 Å². The zero-order valence-electron chi connectivity index (χ0n) is 9.06. The number of piperidine rings is 1. The third-order valence-corrected chi connectivity index (χ3v) is 3.93. The number of nitrogens with zero attached hydrogens (tertiary/aromatic N) is 1. The molecule has 15 heavy (non-hydrogen) atoms. The lowest BCUT2D eigenvalue weighted by Crippen LogP contribution is -2.38. The van der Waals surface area contributed by atoms with E-state index < -0.39 is 6.09 Å². The first-order valence-corrected chi connectivity index (χ1v) is 5.90. The molecule has 4 nitrogen and oxygen atoms in total. The number of amides is 1. The summed E-state index contributed by atoms with van der Waals surface area (Å²) in [4.78, 5) is 12.3. The molecule has 2 fully saturated rings. The highest BCUT2D eigenvalue weighted by atomic mass is 16.4. The number of carboxylic acid groups (broad SMARTS) is 1. The molecule has 0 bridgehead atoms. The normalized spacial score (nSPS) is 31.7. The lowest BCUT2D eigenvalue weighted by atomic mass is 9.90. The van der Waals surface area contributed by atoms with Crippen LogP contribution in [0.25, 0.3) is 0 Å². The highest BCUT2D eigenvalue weighted by Crippen LogP contribution is 2.49. The van der Waals surface area contributed by atoms with Crippen molar-refractivity contribution in [2.24, 2.45) is 23.5 Å². The van der Waals surface area contributed by atoms with Gasteiger partial charge in [0.05, 0.1) is 0 Å². The van der Waals surface area contributed by atoms with Gasteiger partial charge in [0.1, 0.15) is 0 Å². The van der Waals surface area contributed by atoms with Gasteiger partial charge in [0.2, 0.25) is 0 Å². The maximum absolute atomic E-state index is 10.7. The van der Waals surface area contributed by atoms with E-state index >= 15 is 0 Å². The van der Waals surface area contributed by atoms with E-state index in [4.69, 9.17) is 10.8 Å². The second-order valence-corrected chi connectivity index (χ2v) is 4.84. The fourth-order valence-corrected chi connectivity index (χ4v) is 2.91. The molecule has 3 N–H and O–H groups in total. The molecule has 1 aliphatic heterocycles. The lowest BCUT2D eigenvalue weighted by Gasteiger charge is -2.30. The first kappa shape index (κ1) is 10.7. The Hall–Kier alpha value is -0.770. The molecule has 2 atom stereocenters. The van der Waals surface area contributed by atoms with Gasteiger partial charge in [-0.15, -0.1) is 0 Å². The lowest BCUT2D eigenvalue weighted by molar-refractivity contribution is 0.120. The maximum atomic E-state index is 10.7. The molecule has 0 aromatic rings. The van der Waals surface area contributed by atoms with E-state index in [-0.39, 0.29) is 0 Å². The van der Waals surface area contributed by atoms with Gasteiger partial charge in [0, 0.05) is 13.1 Å². The molecule has 0 radical (unpaired) electrons. The Balaban J connectivity index is 1.73. The van der Waals surface area contributed by atoms with Crippen molar-refractivity contribution in [3.63, 3.8) is 0 Å². The summed E-state index contributed by atoms with van der Waals surface area (Å²) >= 11 is 0. The van der Waals surface area contributed by atoms with E-state index in [2.05, 4.69) is 0 Å². The van der Waals surface area contributed by atoms with Gasteiger partial charge in [0.25, 0.3) is 0 Å². The summed E-state index contributed by atoms with van der Waals surface area (Å²) in [6, 6.07) is 0. The van der Waals surface area contributed by atoms with E-state index in [1.165, 1.54) is 11.3 Å². The number of likely N-dealkylation sites (tertiary alicyclic amines) is 1. The SMILES string of the molecule is NCC[C@H]1C[C@@H]1C1CCN(C(=O)O)CC1. The van der Waals surface area contributed by atoms with Crippen molar-refractivity contribution in [3.05, 3.63) is 0 Å². The van der Waals surface area contributed by atoms with Crippen molar-refractivity contribution in [2.45, 2.75) is 25.7 Å². The van der Waals surface area contributed by atoms with Gasteiger partial charge < -0.3 is 15.7 Å². The molecule has 1 amide bonds. The topological polar surface area (TPSA) is 66.6 Å². The van der Waals surface area contributed by atoms with E-state index in [0.29, 0.717) is 0 Å². The van der Waals surface area contributed by atoms with Crippen LogP contribution in [0.2, 0.25) is 0 Å². The average Bonchev–Trinajstić information content (AvgIpc) is 2.98. The van der Waals surface area contributed by atoms with Gasteiger partial charge in [-0.05, 0) is 50.0 Å². The van der Waals surface area contributed by atoms with Crippen LogP contribution in [0, 0.1) is 17.8 Å². The van der Waals surface area contributed by atoms with Crippen molar-refractivity contribution >= 4 is 6.09 Å². The highest BCUT2D eigenvalue weighted by Gasteiger charge is 2.42. The summed E-state index contributed by atoms with van der Waals surface area (Å²) in [5.41, 5.74) is 5.54. The summed E-state index contributed by atoms with van der Waals surface area (Å²) in [5.74, 6) is 2.46. The zero-order chi connectivity index (χ0) is 10.8. The number of hydrogen-bond donors (Lipinski definition) is 2. The monoisotopic (exact) mass is 212 g/mol. The van der Waals surface area contributed by atoms with Crippen molar-refractivity contribution in [3.8, 4) is 0 Å². The van der Waals surface area contributed by atoms with Crippen molar-refractivity contribution in [2.75, 3.05) is 19.6 Å². The number of hydrogen-bond acceptors (Lipinski definition) is 2. The first-order valence-electron chi connectivity index (χ1n) is 5.90. The van der Waals surface area contributed by atoms with Gasteiger partial charge in [-0.3, -0.25) is 0 Å². The van der Waals surface area contributed by atoms with Crippen LogP contribution in [0.3, 0.4) is 0 Å². The summed E-state index contributed by atoms with van der Waals surface area (Å²) in [7, 11) is 0. The number of carbonyl (C=O) groups is 1. The average molecular weight is 212 g/mol. The van der Waals surface area contributed by atoms with Crippen molar-refractivity contribution in [1.82, 2.24) is 4.90 Å². The quantitative estimate of drug-likeness (QED) is 0.742. The fraction of sp³-hybridized carbons (Fsp3) is 0.909. The third-order valence-electron chi connectivity index (χ3n) is 3.93. The van der Waals surface area contributed by atoms with Gasteiger partial charge >= 0.3 is 6.09 Å². The molecule has 0 spiro atoms. The molecule has 1 aliphatic carbocycles. The van der Waals surface area contributed by atoms with Crippen molar-refractivity contribution < 1.29 is 9.90 Å². The predicted octanol–water partition coefficient (Wildman–Crippen LogP) is 1.36. The second kappa shape index (κ2) is 4.39. The van der Waals surface area contributed by atoms with E-state index in [0.717, 1.165) is 56.7 Å². The van der Waals surface area contributed by atoms with Crippen LogP contribution in [0.5, 0.6) is 0 Å². The van der Waals surface area contributed by atoms with Gasteiger partial charge in [-0.25, -0.2) is 4.79 Å². The van der Waals surface area contributed by atoms with E-state index in [1.54, 1.807) is 0 Å². The Morgan fingerprint density at radius 2 is 2.07 bits per heavy atom. The van der Waals surface area contributed by atoms with Gasteiger partial charge in [-0.2, -0.15) is 0 Å². The van der Waals surface area contributed by atoms with Crippen LogP contribution >= 0.6 is 0 Å². The van der Waals surface area contributed by atoms with Gasteiger partial charge in [-0.1, -0.05) is 0 Å². The molecule has 86 valence electrons. The first-order chi connectivity index (χ1) is 7.22. The summed E-state index contributed by atoms with van der Waals surface area (Å²) < 4.78 is 0. The Labute approximate surface area is 90.4 Å². The molecular formula is C11H20N2O2. The Morgan fingerprint density at radius 1 is 1.40 bits per heavy atom. The van der Waals surface area contributed by atoms with Crippen LogP contribution in [0.4, 0.5) is 4.79 Å². The fourth-order valence-electron chi connectivity index (χ4n) is 2.91. The molecule has 0 aromatic heterocycles. The standard InChI is InChI=1S/C11H20N2O2/c12-4-1-9-7-10(9)8-2-5-13(6-3-8)11(14)15/h8-10H,1-7,12H2,(H,14,15)/t9-,10+/m0/s1. The highest BCUT2D eigenvalue weighted by molar-refractivity contribution is 5.64. The molecule has 2 aliphatic rings. The van der Waals surface area contributed by atoms with Crippen LogP contribution in [0.1, 0.15) is 25.7 Å². The molecule has 4 heteroatoms. The Bertz CT molecular complexity index is 237. The molecule has 0 unspecified atom stereocenters. The molecular weight excluding hydrogens is 192 g/mol. The largest absolute Gasteiger partial charge is 0.465 e. The third kappa shape index (κ3) is 2.43. The summed E-state index contributed by atoms with van der Waals surface area (Å²) in [6.45, 7) is 2.26. The molecule has 1 saturated heterocycles. The molecule has 0 aromatic carbocycles. The predicted molar refractivity (Wildman–Crippen MR) is 57.6 cm³/mol. The van der Waals surface area contributed by atoms with E-state index in [1.807, 2.05) is 0 Å². The maximum Gasteiger partial charge on any atom is 0.407 e.